The molecule has 20 heavy (non-hydrogen) atoms. The second-order valence-corrected chi connectivity index (χ2v) is 7.18. The van der Waals surface area contributed by atoms with Crippen LogP contribution in [-0.2, 0) is 0 Å². The highest BCUT2D eigenvalue weighted by atomic mass is 32.1. The fourth-order valence-electron chi connectivity index (χ4n) is 5.27. The zero-order valence-corrected chi connectivity index (χ0v) is 11.8. The van der Waals surface area contributed by atoms with Crippen LogP contribution in [0.3, 0.4) is 0 Å². The summed E-state index contributed by atoms with van der Waals surface area (Å²) in [6, 6.07) is 0. The van der Waals surface area contributed by atoms with Crippen molar-refractivity contribution in [3.63, 3.8) is 0 Å². The van der Waals surface area contributed by atoms with Crippen LogP contribution in [-0.4, -0.2) is 19.9 Å². The molecule has 6 heteroatoms. The first-order valence-electron chi connectivity index (χ1n) is 7.41. The number of nitrogens with one attached hydrogen (secondary N) is 3. The van der Waals surface area contributed by atoms with Crippen molar-refractivity contribution >= 4 is 23.4 Å². The molecule has 0 spiro atoms. The van der Waals surface area contributed by atoms with Gasteiger partial charge in [0.15, 0.2) is 10.4 Å². The minimum atomic E-state index is -0.171. The predicted molar refractivity (Wildman–Crippen MR) is 77.1 cm³/mol. The highest BCUT2D eigenvalue weighted by molar-refractivity contribution is 7.71. The minimum absolute atomic E-state index is 0.171. The lowest BCUT2D eigenvalue weighted by Gasteiger charge is -2.30. The molecule has 0 aromatic carbocycles. The van der Waals surface area contributed by atoms with Gasteiger partial charge >= 0.3 is 0 Å². The van der Waals surface area contributed by atoms with Crippen LogP contribution in [0, 0.1) is 28.4 Å². The number of rotatable bonds is 1. The van der Waals surface area contributed by atoms with Crippen molar-refractivity contribution in [1.29, 1.82) is 0 Å². The normalized spacial score (nSPS) is 38.1. The molecule has 0 aliphatic heterocycles. The summed E-state index contributed by atoms with van der Waals surface area (Å²) >= 11 is 5.01. The van der Waals surface area contributed by atoms with Crippen LogP contribution < -0.4 is 5.56 Å². The molecule has 0 radical (unpaired) electrons. The number of imidazole rings is 1. The monoisotopic (exact) mass is 288 g/mol. The van der Waals surface area contributed by atoms with Crippen LogP contribution in [0.5, 0.6) is 0 Å². The average molecular weight is 288 g/mol. The molecule has 3 N–H and O–H groups in total. The van der Waals surface area contributed by atoms with Crippen LogP contribution in [0.1, 0.15) is 37.4 Å². The maximum atomic E-state index is 11.9. The van der Waals surface area contributed by atoms with Crippen molar-refractivity contribution < 1.29 is 0 Å². The largest absolute Gasteiger partial charge is 0.336 e. The minimum Gasteiger partial charge on any atom is -0.336 e. The van der Waals surface area contributed by atoms with Crippen LogP contribution in [0.15, 0.2) is 4.79 Å². The zero-order chi connectivity index (χ0) is 13.4. The summed E-state index contributed by atoms with van der Waals surface area (Å²) in [6.45, 7) is 0. The number of nitrogens with zero attached hydrogens (tertiary/aromatic N) is 1. The summed E-state index contributed by atoms with van der Waals surface area (Å²) in [6.07, 6.45) is 5.48. The molecule has 4 saturated carbocycles. The molecule has 104 valence electrons. The fourth-order valence-corrected chi connectivity index (χ4v) is 5.46. The van der Waals surface area contributed by atoms with E-state index in [1.165, 1.54) is 25.7 Å². The SMILES string of the molecule is O=c1[nH]c(=S)[nH]c2nc(C3C4CC5CC(C4)C3C5)[nH]c12. The molecule has 4 aliphatic rings. The van der Waals surface area contributed by atoms with Gasteiger partial charge < -0.3 is 9.97 Å². The molecule has 0 saturated heterocycles. The molecular formula is C14H16N4OS. The topological polar surface area (TPSA) is 77.3 Å². The van der Waals surface area contributed by atoms with Crippen LogP contribution in [0.4, 0.5) is 0 Å². The molecule has 5 atom stereocenters. The second kappa shape index (κ2) is 3.61. The van der Waals surface area contributed by atoms with E-state index >= 15 is 0 Å². The van der Waals surface area contributed by atoms with Gasteiger partial charge in [0.25, 0.3) is 5.56 Å². The van der Waals surface area contributed by atoms with E-state index in [0.717, 1.165) is 29.5 Å². The summed E-state index contributed by atoms with van der Waals surface area (Å²) in [5.41, 5.74) is 0.965. The molecule has 5 unspecified atom stereocenters. The first-order valence-corrected chi connectivity index (χ1v) is 7.82. The Morgan fingerprint density at radius 3 is 2.75 bits per heavy atom. The Bertz CT molecular complexity index is 814. The van der Waals surface area contributed by atoms with Gasteiger partial charge in [0.05, 0.1) is 0 Å². The van der Waals surface area contributed by atoms with Crippen molar-refractivity contribution in [3.8, 4) is 0 Å². The van der Waals surface area contributed by atoms with Gasteiger partial charge in [-0.2, -0.15) is 0 Å². The van der Waals surface area contributed by atoms with E-state index in [0.29, 0.717) is 21.9 Å². The number of hydrogen-bond acceptors (Lipinski definition) is 3. The lowest BCUT2D eigenvalue weighted by atomic mass is 9.75. The third-order valence-corrected chi connectivity index (χ3v) is 5.99. The van der Waals surface area contributed by atoms with Gasteiger partial charge in [-0.1, -0.05) is 0 Å². The highest BCUT2D eigenvalue weighted by Crippen LogP contribution is 2.63. The Morgan fingerprint density at radius 1 is 1.05 bits per heavy atom. The summed E-state index contributed by atoms with van der Waals surface area (Å²) in [5.74, 6) is 4.92. The molecule has 4 fully saturated rings. The average Bonchev–Trinajstić information content (AvgIpc) is 2.99. The number of hydrogen-bond donors (Lipinski definition) is 3. The van der Waals surface area contributed by atoms with E-state index < -0.39 is 0 Å². The highest BCUT2D eigenvalue weighted by Gasteiger charge is 2.55. The van der Waals surface area contributed by atoms with Gasteiger partial charge in [-0.25, -0.2) is 4.98 Å². The van der Waals surface area contributed by atoms with Gasteiger partial charge in [0.1, 0.15) is 11.3 Å². The molecule has 5 nitrogen and oxygen atoms in total. The third kappa shape index (κ3) is 1.35. The van der Waals surface area contributed by atoms with Gasteiger partial charge in [0.2, 0.25) is 0 Å². The van der Waals surface area contributed by atoms with Crippen LogP contribution >= 0.6 is 12.2 Å². The lowest BCUT2D eigenvalue weighted by molar-refractivity contribution is 0.244. The van der Waals surface area contributed by atoms with Crippen molar-refractivity contribution in [2.45, 2.75) is 31.6 Å². The Kier molecular flexibility index (Phi) is 2.03. The maximum absolute atomic E-state index is 11.9. The van der Waals surface area contributed by atoms with Gasteiger partial charge in [-0.3, -0.25) is 9.78 Å². The van der Waals surface area contributed by atoms with Crippen molar-refractivity contribution in [3.05, 3.63) is 20.9 Å². The third-order valence-electron chi connectivity index (χ3n) is 5.78. The smallest absolute Gasteiger partial charge is 0.277 e. The first-order chi connectivity index (χ1) is 9.69. The summed E-state index contributed by atoms with van der Waals surface area (Å²) in [5, 5.41) is 0. The Balaban J connectivity index is 1.67. The first kappa shape index (κ1) is 11.3. The Hall–Kier alpha value is -1.43. The molecule has 2 heterocycles. The van der Waals surface area contributed by atoms with E-state index in [9.17, 15) is 4.79 Å². The molecular weight excluding hydrogens is 272 g/mol. The van der Waals surface area contributed by atoms with E-state index in [1.54, 1.807) is 0 Å². The second-order valence-electron chi connectivity index (χ2n) is 6.77. The number of aromatic amines is 3. The summed E-state index contributed by atoms with van der Waals surface area (Å²) < 4.78 is 0.342. The fraction of sp³-hybridized carbons (Fsp3) is 0.643. The van der Waals surface area contributed by atoms with E-state index in [-0.39, 0.29) is 5.56 Å². The number of H-pyrrole nitrogens is 3. The van der Waals surface area contributed by atoms with Crippen molar-refractivity contribution in [1.82, 2.24) is 19.9 Å². The van der Waals surface area contributed by atoms with E-state index in [4.69, 9.17) is 12.2 Å². The maximum Gasteiger partial charge on any atom is 0.277 e. The van der Waals surface area contributed by atoms with E-state index in [2.05, 4.69) is 19.9 Å². The van der Waals surface area contributed by atoms with E-state index in [1.807, 2.05) is 0 Å². The molecule has 2 aromatic rings. The summed E-state index contributed by atoms with van der Waals surface area (Å²) in [7, 11) is 0. The number of fused-ring (bicyclic) bond motifs is 1. The molecule has 0 amide bonds. The molecule has 2 aromatic heterocycles. The molecule has 4 aliphatic carbocycles. The molecule has 4 bridgehead atoms. The zero-order valence-electron chi connectivity index (χ0n) is 11.0. The van der Waals surface area contributed by atoms with Gasteiger partial charge in [0, 0.05) is 5.92 Å². The van der Waals surface area contributed by atoms with Crippen molar-refractivity contribution in [2.75, 3.05) is 0 Å². The molecule has 6 rings (SSSR count). The van der Waals surface area contributed by atoms with Gasteiger partial charge in [-0.15, -0.1) is 0 Å². The standard InChI is InChI=1S/C14H16N4OS/c19-13-10-12(17-14(20)18-13)16-11(15-10)9-7-2-5-1-6(4-7)8(9)3-5/h5-9H,1-4H2,(H3,15,16,17,18,19,20). The number of aromatic nitrogens is 4. The predicted octanol–water partition coefficient (Wildman–Crippen LogP) is 2.46. The quantitative estimate of drug-likeness (QED) is 0.705. The van der Waals surface area contributed by atoms with Crippen LogP contribution in [0.2, 0.25) is 0 Å². The summed E-state index contributed by atoms with van der Waals surface area (Å²) in [4.78, 5) is 25.5. The van der Waals surface area contributed by atoms with Crippen LogP contribution in [0.25, 0.3) is 11.2 Å². The Morgan fingerprint density at radius 2 is 1.90 bits per heavy atom. The van der Waals surface area contributed by atoms with Crippen molar-refractivity contribution in [2.24, 2.45) is 23.7 Å². The van der Waals surface area contributed by atoms with Gasteiger partial charge in [-0.05, 0) is 61.6 Å². The Labute approximate surface area is 120 Å². The lowest BCUT2D eigenvalue weighted by Crippen LogP contribution is -2.22.